The Bertz CT molecular complexity index is 814. The second-order valence-electron chi connectivity index (χ2n) is 4.47. The van der Waals surface area contributed by atoms with E-state index in [9.17, 15) is 8.78 Å². The number of hydrogen-bond acceptors (Lipinski definition) is 2. The standard InChI is InChI=1S/C15H10BrF2N3/c16-10-4-2-1-3-9(10)13-14(20-21-15(13)19)8-5-6-11(17)12(18)7-8/h1-7H,(H3,19,20,21). The topological polar surface area (TPSA) is 54.7 Å². The number of H-pyrrole nitrogens is 1. The summed E-state index contributed by atoms with van der Waals surface area (Å²) in [6.45, 7) is 0. The van der Waals surface area contributed by atoms with E-state index in [4.69, 9.17) is 5.73 Å². The summed E-state index contributed by atoms with van der Waals surface area (Å²) in [5, 5.41) is 6.76. The van der Waals surface area contributed by atoms with Crippen LogP contribution in [0.2, 0.25) is 0 Å². The van der Waals surface area contributed by atoms with Crippen molar-refractivity contribution in [1.82, 2.24) is 10.2 Å². The van der Waals surface area contributed by atoms with Gasteiger partial charge in [-0.2, -0.15) is 5.10 Å². The third-order valence-electron chi connectivity index (χ3n) is 3.15. The summed E-state index contributed by atoms with van der Waals surface area (Å²) in [4.78, 5) is 0. The monoisotopic (exact) mass is 349 g/mol. The van der Waals surface area contributed by atoms with Gasteiger partial charge in [-0.1, -0.05) is 34.1 Å². The molecule has 0 aliphatic heterocycles. The molecule has 106 valence electrons. The van der Waals surface area contributed by atoms with E-state index in [0.717, 1.165) is 22.2 Å². The Kier molecular flexibility index (Phi) is 3.47. The van der Waals surface area contributed by atoms with E-state index < -0.39 is 11.6 Å². The molecule has 21 heavy (non-hydrogen) atoms. The number of rotatable bonds is 2. The lowest BCUT2D eigenvalue weighted by molar-refractivity contribution is 0.509. The Morgan fingerprint density at radius 2 is 1.81 bits per heavy atom. The van der Waals surface area contributed by atoms with Gasteiger partial charge in [-0.05, 0) is 24.3 Å². The summed E-state index contributed by atoms with van der Waals surface area (Å²) in [5.74, 6) is -1.52. The third-order valence-corrected chi connectivity index (χ3v) is 3.84. The zero-order chi connectivity index (χ0) is 15.0. The molecule has 6 heteroatoms. The first-order valence-electron chi connectivity index (χ1n) is 6.12. The first-order chi connectivity index (χ1) is 10.1. The van der Waals surface area contributed by atoms with Crippen LogP contribution in [0.3, 0.4) is 0 Å². The number of nitrogens with two attached hydrogens (primary N) is 1. The van der Waals surface area contributed by atoms with Gasteiger partial charge in [0.2, 0.25) is 0 Å². The number of nitrogen functional groups attached to an aromatic ring is 1. The van der Waals surface area contributed by atoms with Crippen molar-refractivity contribution >= 4 is 21.7 Å². The van der Waals surface area contributed by atoms with E-state index in [-0.39, 0.29) is 0 Å². The van der Waals surface area contributed by atoms with Crippen LogP contribution in [0, 0.1) is 11.6 Å². The predicted molar refractivity (Wildman–Crippen MR) is 81.5 cm³/mol. The fourth-order valence-corrected chi connectivity index (χ4v) is 2.64. The number of nitrogens with one attached hydrogen (secondary N) is 1. The Morgan fingerprint density at radius 3 is 2.52 bits per heavy atom. The summed E-state index contributed by atoms with van der Waals surface area (Å²) in [7, 11) is 0. The van der Waals surface area contributed by atoms with E-state index in [1.54, 1.807) is 0 Å². The number of anilines is 1. The number of halogens is 3. The minimum atomic E-state index is -0.918. The van der Waals surface area contributed by atoms with Gasteiger partial charge < -0.3 is 5.73 Å². The highest BCUT2D eigenvalue weighted by molar-refractivity contribution is 9.10. The first kappa shape index (κ1) is 13.8. The van der Waals surface area contributed by atoms with Crippen molar-refractivity contribution in [2.45, 2.75) is 0 Å². The summed E-state index contributed by atoms with van der Waals surface area (Å²) < 4.78 is 27.3. The molecule has 3 nitrogen and oxygen atoms in total. The molecule has 1 aromatic heterocycles. The first-order valence-corrected chi connectivity index (χ1v) is 6.91. The van der Waals surface area contributed by atoms with Gasteiger partial charge in [-0.3, -0.25) is 5.10 Å². The molecule has 0 spiro atoms. The minimum Gasteiger partial charge on any atom is -0.382 e. The number of aromatic amines is 1. The molecule has 0 unspecified atom stereocenters. The van der Waals surface area contributed by atoms with E-state index in [2.05, 4.69) is 26.1 Å². The lowest BCUT2D eigenvalue weighted by Gasteiger charge is -2.07. The average Bonchev–Trinajstić information content (AvgIpc) is 2.84. The van der Waals surface area contributed by atoms with Crippen LogP contribution < -0.4 is 5.73 Å². The molecular formula is C15H10BrF2N3. The summed E-state index contributed by atoms with van der Waals surface area (Å²) in [6, 6.07) is 11.1. The number of nitrogens with zero attached hydrogens (tertiary/aromatic N) is 1. The van der Waals surface area contributed by atoms with Crippen molar-refractivity contribution in [2.75, 3.05) is 5.73 Å². The van der Waals surface area contributed by atoms with Crippen LogP contribution in [0.4, 0.5) is 14.6 Å². The molecule has 0 aliphatic carbocycles. The maximum absolute atomic E-state index is 13.4. The maximum atomic E-state index is 13.4. The highest BCUT2D eigenvalue weighted by Crippen LogP contribution is 2.38. The van der Waals surface area contributed by atoms with Gasteiger partial charge in [0.25, 0.3) is 0 Å². The lowest BCUT2D eigenvalue weighted by atomic mass is 10.0. The normalized spacial score (nSPS) is 10.8. The van der Waals surface area contributed by atoms with Crippen LogP contribution in [-0.2, 0) is 0 Å². The largest absolute Gasteiger partial charge is 0.382 e. The molecule has 1 heterocycles. The molecule has 0 amide bonds. The highest BCUT2D eigenvalue weighted by Gasteiger charge is 2.17. The van der Waals surface area contributed by atoms with E-state index >= 15 is 0 Å². The van der Waals surface area contributed by atoms with E-state index in [0.29, 0.717) is 22.6 Å². The Hall–Kier alpha value is -2.21. The van der Waals surface area contributed by atoms with Crippen LogP contribution in [0.1, 0.15) is 0 Å². The van der Waals surface area contributed by atoms with Crippen molar-refractivity contribution in [2.24, 2.45) is 0 Å². The summed E-state index contributed by atoms with van der Waals surface area (Å²) in [5.41, 5.74) is 8.40. The minimum absolute atomic E-state index is 0.293. The van der Waals surface area contributed by atoms with Crippen LogP contribution in [0.15, 0.2) is 46.9 Å². The second kappa shape index (κ2) is 5.29. The van der Waals surface area contributed by atoms with Crippen molar-refractivity contribution in [3.05, 3.63) is 58.6 Å². The Morgan fingerprint density at radius 1 is 1.05 bits per heavy atom. The molecule has 0 bridgehead atoms. The Balaban J connectivity index is 2.22. The zero-order valence-corrected chi connectivity index (χ0v) is 12.3. The number of benzene rings is 2. The van der Waals surface area contributed by atoms with Gasteiger partial charge in [-0.25, -0.2) is 8.78 Å². The van der Waals surface area contributed by atoms with Crippen molar-refractivity contribution in [3.8, 4) is 22.4 Å². The molecule has 3 aromatic rings. The molecule has 3 N–H and O–H groups in total. The summed E-state index contributed by atoms with van der Waals surface area (Å²) >= 11 is 3.45. The molecule has 2 aromatic carbocycles. The van der Waals surface area contributed by atoms with Gasteiger partial charge in [0, 0.05) is 15.6 Å². The average molecular weight is 350 g/mol. The molecule has 0 saturated carbocycles. The van der Waals surface area contributed by atoms with Crippen molar-refractivity contribution < 1.29 is 8.78 Å². The van der Waals surface area contributed by atoms with Gasteiger partial charge in [0.15, 0.2) is 17.5 Å². The number of hydrogen-bond donors (Lipinski definition) is 2. The van der Waals surface area contributed by atoms with Gasteiger partial charge in [0.05, 0.1) is 11.3 Å². The fourth-order valence-electron chi connectivity index (χ4n) is 2.15. The Labute approximate surface area is 127 Å². The summed E-state index contributed by atoms with van der Waals surface area (Å²) in [6.07, 6.45) is 0. The molecule has 0 aliphatic rings. The fraction of sp³-hybridized carbons (Fsp3) is 0. The molecular weight excluding hydrogens is 340 g/mol. The second-order valence-corrected chi connectivity index (χ2v) is 5.32. The lowest BCUT2D eigenvalue weighted by Crippen LogP contribution is -1.91. The molecule has 0 fully saturated rings. The third kappa shape index (κ3) is 2.42. The molecule has 0 saturated heterocycles. The van der Waals surface area contributed by atoms with Crippen molar-refractivity contribution in [3.63, 3.8) is 0 Å². The van der Waals surface area contributed by atoms with Crippen LogP contribution in [-0.4, -0.2) is 10.2 Å². The highest BCUT2D eigenvalue weighted by atomic mass is 79.9. The molecule has 0 atom stereocenters. The van der Waals surface area contributed by atoms with Gasteiger partial charge in [-0.15, -0.1) is 0 Å². The smallest absolute Gasteiger partial charge is 0.159 e. The zero-order valence-electron chi connectivity index (χ0n) is 10.7. The van der Waals surface area contributed by atoms with E-state index in [1.807, 2.05) is 24.3 Å². The van der Waals surface area contributed by atoms with Crippen LogP contribution >= 0.6 is 15.9 Å². The number of aromatic nitrogens is 2. The van der Waals surface area contributed by atoms with E-state index in [1.165, 1.54) is 6.07 Å². The predicted octanol–water partition coefficient (Wildman–Crippen LogP) is 4.37. The van der Waals surface area contributed by atoms with Gasteiger partial charge >= 0.3 is 0 Å². The SMILES string of the molecule is Nc1n[nH]c(-c2ccc(F)c(F)c2)c1-c1ccccc1Br. The maximum Gasteiger partial charge on any atom is 0.159 e. The quantitative estimate of drug-likeness (QED) is 0.721. The molecule has 3 rings (SSSR count). The van der Waals surface area contributed by atoms with Crippen molar-refractivity contribution in [1.29, 1.82) is 0 Å². The van der Waals surface area contributed by atoms with Gasteiger partial charge in [0.1, 0.15) is 0 Å². The van der Waals surface area contributed by atoms with Crippen LogP contribution in [0.25, 0.3) is 22.4 Å². The molecule has 0 radical (unpaired) electrons. The van der Waals surface area contributed by atoms with Crippen LogP contribution in [0.5, 0.6) is 0 Å².